The van der Waals surface area contributed by atoms with E-state index in [1.54, 1.807) is 6.92 Å². The summed E-state index contributed by atoms with van der Waals surface area (Å²) >= 11 is 0. The molecule has 0 aliphatic heterocycles. The number of aliphatic hydroxyl groups excluding tert-OH is 1. The van der Waals surface area contributed by atoms with Gasteiger partial charge < -0.3 is 15.5 Å². The van der Waals surface area contributed by atoms with Crippen molar-refractivity contribution in [2.24, 2.45) is 11.8 Å². The largest absolute Gasteiger partial charge is 0.481 e. The molecule has 0 spiro atoms. The van der Waals surface area contributed by atoms with Crippen molar-refractivity contribution in [1.29, 1.82) is 0 Å². The molecule has 1 amide bonds. The number of nitrogens with one attached hydrogen (secondary N) is 1. The molecule has 0 aromatic carbocycles. The van der Waals surface area contributed by atoms with Gasteiger partial charge in [0, 0.05) is 6.04 Å². The molecule has 17 heavy (non-hydrogen) atoms. The van der Waals surface area contributed by atoms with Crippen molar-refractivity contribution >= 4 is 11.9 Å². The first-order valence-corrected chi connectivity index (χ1v) is 6.13. The van der Waals surface area contributed by atoms with Crippen molar-refractivity contribution in [3.63, 3.8) is 0 Å². The standard InChI is InChI=1S/C12H21NO4/c1-7(6-8(2)14)13-11(15)9-4-3-5-10(9)12(16)17/h7-10,14H,3-6H2,1-2H3,(H,13,15)(H,16,17)/t7?,8?,9-,10+/m1/s1. The zero-order valence-corrected chi connectivity index (χ0v) is 10.3. The summed E-state index contributed by atoms with van der Waals surface area (Å²) in [6.45, 7) is 3.48. The third-order valence-corrected chi connectivity index (χ3v) is 3.25. The summed E-state index contributed by atoms with van der Waals surface area (Å²) in [5.41, 5.74) is 0. The molecule has 1 aliphatic rings. The Balaban J connectivity index is 2.49. The molecule has 0 radical (unpaired) electrons. The Kier molecular flexibility index (Phi) is 4.93. The molecule has 5 nitrogen and oxygen atoms in total. The van der Waals surface area contributed by atoms with Crippen LogP contribution in [0, 0.1) is 11.8 Å². The lowest BCUT2D eigenvalue weighted by Gasteiger charge is -2.20. The molecule has 0 aromatic rings. The van der Waals surface area contributed by atoms with Gasteiger partial charge >= 0.3 is 5.97 Å². The number of hydrogen-bond acceptors (Lipinski definition) is 3. The van der Waals surface area contributed by atoms with Gasteiger partial charge in [-0.15, -0.1) is 0 Å². The van der Waals surface area contributed by atoms with Crippen LogP contribution < -0.4 is 5.32 Å². The number of carboxylic acids is 1. The molecule has 0 bridgehead atoms. The van der Waals surface area contributed by atoms with E-state index < -0.39 is 23.9 Å². The zero-order valence-electron chi connectivity index (χ0n) is 10.3. The van der Waals surface area contributed by atoms with E-state index in [-0.39, 0.29) is 11.9 Å². The minimum Gasteiger partial charge on any atom is -0.481 e. The molecule has 5 heteroatoms. The minimum atomic E-state index is -0.883. The lowest BCUT2D eigenvalue weighted by Crippen LogP contribution is -2.41. The monoisotopic (exact) mass is 243 g/mol. The number of carbonyl (C=O) groups is 2. The summed E-state index contributed by atoms with van der Waals surface area (Å²) in [4.78, 5) is 22.9. The van der Waals surface area contributed by atoms with Crippen molar-refractivity contribution in [2.45, 2.75) is 51.7 Å². The van der Waals surface area contributed by atoms with Crippen LogP contribution >= 0.6 is 0 Å². The highest BCUT2D eigenvalue weighted by molar-refractivity contribution is 5.85. The van der Waals surface area contributed by atoms with E-state index in [0.29, 0.717) is 19.3 Å². The number of rotatable bonds is 5. The first-order valence-electron chi connectivity index (χ1n) is 6.13. The maximum Gasteiger partial charge on any atom is 0.307 e. The molecule has 4 atom stereocenters. The normalized spacial score (nSPS) is 27.5. The third kappa shape index (κ3) is 4.00. The zero-order chi connectivity index (χ0) is 13.0. The highest BCUT2D eigenvalue weighted by atomic mass is 16.4. The molecule has 2 unspecified atom stereocenters. The predicted octanol–water partition coefficient (Wildman–Crippen LogP) is 0.763. The fourth-order valence-electron chi connectivity index (χ4n) is 2.49. The Labute approximate surface area is 101 Å². The Morgan fingerprint density at radius 1 is 1.29 bits per heavy atom. The van der Waals surface area contributed by atoms with Crippen LogP contribution in [0.2, 0.25) is 0 Å². The van der Waals surface area contributed by atoms with Gasteiger partial charge in [-0.1, -0.05) is 6.42 Å². The second kappa shape index (κ2) is 6.00. The van der Waals surface area contributed by atoms with Crippen molar-refractivity contribution < 1.29 is 19.8 Å². The fraction of sp³-hybridized carbons (Fsp3) is 0.833. The van der Waals surface area contributed by atoms with Crippen LogP contribution in [0.3, 0.4) is 0 Å². The average molecular weight is 243 g/mol. The summed E-state index contributed by atoms with van der Waals surface area (Å²) in [5, 5.41) is 21.0. The van der Waals surface area contributed by atoms with Gasteiger partial charge in [0.05, 0.1) is 17.9 Å². The summed E-state index contributed by atoms with van der Waals surface area (Å²) < 4.78 is 0. The highest BCUT2D eigenvalue weighted by Crippen LogP contribution is 2.32. The second-order valence-electron chi connectivity index (χ2n) is 4.98. The number of carbonyl (C=O) groups excluding carboxylic acids is 1. The number of carboxylic acid groups (broad SMARTS) is 1. The first-order chi connectivity index (χ1) is 7.91. The third-order valence-electron chi connectivity index (χ3n) is 3.25. The van der Waals surface area contributed by atoms with Crippen molar-refractivity contribution in [3.8, 4) is 0 Å². The highest BCUT2D eigenvalue weighted by Gasteiger charge is 2.37. The van der Waals surface area contributed by atoms with Gasteiger partial charge in [-0.25, -0.2) is 0 Å². The molecular formula is C12H21NO4. The minimum absolute atomic E-state index is 0.127. The summed E-state index contributed by atoms with van der Waals surface area (Å²) in [5.74, 6) is -2.04. The Morgan fingerprint density at radius 3 is 2.41 bits per heavy atom. The number of aliphatic hydroxyl groups is 1. The molecule has 1 fully saturated rings. The molecule has 3 N–H and O–H groups in total. The SMILES string of the molecule is CC(O)CC(C)NC(=O)[C@@H]1CCC[C@@H]1C(=O)O. The van der Waals surface area contributed by atoms with Crippen molar-refractivity contribution in [3.05, 3.63) is 0 Å². The molecule has 0 saturated heterocycles. The average Bonchev–Trinajstić information content (AvgIpc) is 2.63. The van der Waals surface area contributed by atoms with Crippen LogP contribution in [0.5, 0.6) is 0 Å². The molecule has 98 valence electrons. The Hall–Kier alpha value is -1.10. The number of aliphatic carboxylic acids is 1. The lowest BCUT2D eigenvalue weighted by molar-refractivity contribution is -0.146. The van der Waals surface area contributed by atoms with Crippen LogP contribution in [-0.4, -0.2) is 34.2 Å². The maximum absolute atomic E-state index is 11.9. The van der Waals surface area contributed by atoms with Gasteiger partial charge in [0.2, 0.25) is 5.91 Å². The molecule has 0 heterocycles. The van der Waals surface area contributed by atoms with E-state index in [1.165, 1.54) is 0 Å². The first kappa shape index (κ1) is 14.0. The smallest absolute Gasteiger partial charge is 0.307 e. The van der Waals surface area contributed by atoms with Crippen LogP contribution in [0.1, 0.15) is 39.5 Å². The number of hydrogen-bond donors (Lipinski definition) is 3. The van der Waals surface area contributed by atoms with Crippen LogP contribution in [0.15, 0.2) is 0 Å². The van der Waals surface area contributed by atoms with Crippen LogP contribution in [-0.2, 0) is 9.59 Å². The van der Waals surface area contributed by atoms with Crippen LogP contribution in [0.25, 0.3) is 0 Å². The van der Waals surface area contributed by atoms with Gasteiger partial charge in [0.1, 0.15) is 0 Å². The molecule has 0 aromatic heterocycles. The quantitative estimate of drug-likeness (QED) is 0.665. The van der Waals surface area contributed by atoms with Crippen LogP contribution in [0.4, 0.5) is 0 Å². The van der Waals surface area contributed by atoms with Crippen molar-refractivity contribution in [2.75, 3.05) is 0 Å². The van der Waals surface area contributed by atoms with E-state index in [0.717, 1.165) is 6.42 Å². The van der Waals surface area contributed by atoms with Gasteiger partial charge in [-0.05, 0) is 33.1 Å². The maximum atomic E-state index is 11.9. The van der Waals surface area contributed by atoms with Crippen molar-refractivity contribution in [1.82, 2.24) is 5.32 Å². The molecular weight excluding hydrogens is 222 g/mol. The molecule has 1 rings (SSSR count). The lowest BCUT2D eigenvalue weighted by atomic mass is 9.95. The van der Waals surface area contributed by atoms with E-state index in [4.69, 9.17) is 5.11 Å². The van der Waals surface area contributed by atoms with E-state index >= 15 is 0 Å². The predicted molar refractivity (Wildman–Crippen MR) is 62.4 cm³/mol. The topological polar surface area (TPSA) is 86.6 Å². The van der Waals surface area contributed by atoms with Gasteiger partial charge in [0.25, 0.3) is 0 Å². The Morgan fingerprint density at radius 2 is 1.88 bits per heavy atom. The van der Waals surface area contributed by atoms with E-state index in [2.05, 4.69) is 5.32 Å². The fourth-order valence-corrected chi connectivity index (χ4v) is 2.49. The molecule has 1 saturated carbocycles. The van der Waals surface area contributed by atoms with Gasteiger partial charge in [-0.3, -0.25) is 9.59 Å². The van der Waals surface area contributed by atoms with E-state index in [1.807, 2.05) is 6.92 Å². The summed E-state index contributed by atoms with van der Waals surface area (Å²) in [7, 11) is 0. The van der Waals surface area contributed by atoms with E-state index in [9.17, 15) is 14.7 Å². The molecule has 1 aliphatic carbocycles. The summed E-state index contributed by atoms with van der Waals surface area (Å²) in [6.07, 6.45) is 2.03. The second-order valence-corrected chi connectivity index (χ2v) is 4.98. The Bertz CT molecular complexity index is 290. The van der Waals surface area contributed by atoms with Gasteiger partial charge in [-0.2, -0.15) is 0 Å². The summed E-state index contributed by atoms with van der Waals surface area (Å²) in [6, 6.07) is -0.127. The number of amides is 1. The van der Waals surface area contributed by atoms with Gasteiger partial charge in [0.15, 0.2) is 0 Å².